The highest BCUT2D eigenvalue weighted by Crippen LogP contribution is 2.13. The number of rotatable bonds is 5. The lowest BCUT2D eigenvalue weighted by Crippen LogP contribution is -2.19. The van der Waals surface area contributed by atoms with Gasteiger partial charge in [-0.1, -0.05) is 0 Å². The number of nitro groups is 1. The first-order chi connectivity index (χ1) is 8.45. The summed E-state index contributed by atoms with van der Waals surface area (Å²) in [7, 11) is 0. The van der Waals surface area contributed by atoms with E-state index in [9.17, 15) is 14.9 Å². The van der Waals surface area contributed by atoms with Crippen LogP contribution in [-0.2, 0) is 9.53 Å². The number of aryl methyl sites for hydroxylation is 1. The molecule has 0 aliphatic heterocycles. The monoisotopic (exact) mass is 253 g/mol. The van der Waals surface area contributed by atoms with Crippen LogP contribution in [0.2, 0.25) is 0 Å². The number of carbonyl (C=O) groups is 1. The Kier molecular flexibility index (Phi) is 4.59. The third kappa shape index (κ3) is 3.41. The maximum absolute atomic E-state index is 11.5. The highest BCUT2D eigenvalue weighted by molar-refractivity contribution is 5.73. The summed E-state index contributed by atoms with van der Waals surface area (Å²) in [6.07, 6.45) is 3.76. The van der Waals surface area contributed by atoms with Crippen LogP contribution in [0.25, 0.3) is 6.08 Å². The summed E-state index contributed by atoms with van der Waals surface area (Å²) in [6, 6.07) is -0.554. The van der Waals surface area contributed by atoms with E-state index in [0.29, 0.717) is 12.3 Å². The van der Waals surface area contributed by atoms with Crippen molar-refractivity contribution >= 4 is 12.0 Å². The SMILES string of the molecule is CCOC(=O)C(C)n1cc(C)c(/C=C/[N+](=O)[O-])n1. The fourth-order valence-electron chi connectivity index (χ4n) is 1.36. The van der Waals surface area contributed by atoms with Crippen molar-refractivity contribution in [3.63, 3.8) is 0 Å². The molecule has 0 spiro atoms. The minimum Gasteiger partial charge on any atom is -0.464 e. The molecule has 18 heavy (non-hydrogen) atoms. The van der Waals surface area contributed by atoms with Gasteiger partial charge in [0, 0.05) is 12.3 Å². The third-order valence-electron chi connectivity index (χ3n) is 2.33. The van der Waals surface area contributed by atoms with E-state index in [4.69, 9.17) is 4.74 Å². The summed E-state index contributed by atoms with van der Waals surface area (Å²) in [5.41, 5.74) is 1.21. The fraction of sp³-hybridized carbons (Fsp3) is 0.455. The van der Waals surface area contributed by atoms with Crippen molar-refractivity contribution < 1.29 is 14.5 Å². The Balaban J connectivity index is 2.89. The van der Waals surface area contributed by atoms with Crippen LogP contribution >= 0.6 is 0 Å². The summed E-state index contributed by atoms with van der Waals surface area (Å²) in [5, 5.41) is 14.3. The Morgan fingerprint density at radius 3 is 2.94 bits per heavy atom. The first-order valence-electron chi connectivity index (χ1n) is 5.49. The van der Waals surface area contributed by atoms with E-state index in [-0.39, 0.29) is 5.97 Å². The second-order valence-corrected chi connectivity index (χ2v) is 3.71. The molecule has 0 aliphatic rings. The molecular formula is C11H15N3O4. The zero-order valence-electron chi connectivity index (χ0n) is 10.5. The maximum Gasteiger partial charge on any atom is 0.330 e. The van der Waals surface area contributed by atoms with Crippen LogP contribution in [-0.4, -0.2) is 27.3 Å². The van der Waals surface area contributed by atoms with Gasteiger partial charge in [0.2, 0.25) is 6.20 Å². The summed E-state index contributed by atoms with van der Waals surface area (Å²) in [5.74, 6) is -0.384. The molecule has 98 valence electrons. The predicted octanol–water partition coefficient (Wildman–Crippen LogP) is 1.56. The van der Waals surface area contributed by atoms with Crippen molar-refractivity contribution in [1.82, 2.24) is 9.78 Å². The van der Waals surface area contributed by atoms with Gasteiger partial charge in [-0.05, 0) is 26.3 Å². The van der Waals surface area contributed by atoms with Gasteiger partial charge in [0.05, 0.1) is 17.2 Å². The number of hydrogen-bond donors (Lipinski definition) is 0. The molecule has 7 heteroatoms. The largest absolute Gasteiger partial charge is 0.464 e. The maximum atomic E-state index is 11.5. The predicted molar refractivity (Wildman–Crippen MR) is 64.3 cm³/mol. The van der Waals surface area contributed by atoms with Crippen LogP contribution in [0.3, 0.4) is 0 Å². The summed E-state index contributed by atoms with van der Waals surface area (Å²) in [6.45, 7) is 5.45. The fourth-order valence-corrected chi connectivity index (χ4v) is 1.36. The van der Waals surface area contributed by atoms with E-state index < -0.39 is 11.0 Å². The van der Waals surface area contributed by atoms with Gasteiger partial charge in [0.15, 0.2) is 0 Å². The van der Waals surface area contributed by atoms with Crippen LogP contribution < -0.4 is 0 Å². The highest BCUT2D eigenvalue weighted by atomic mass is 16.6. The van der Waals surface area contributed by atoms with Gasteiger partial charge in [-0.25, -0.2) is 4.79 Å². The Morgan fingerprint density at radius 1 is 1.72 bits per heavy atom. The Hall–Kier alpha value is -2.18. The second kappa shape index (κ2) is 5.95. The third-order valence-corrected chi connectivity index (χ3v) is 2.33. The Bertz CT molecular complexity index is 479. The Morgan fingerprint density at radius 2 is 2.39 bits per heavy atom. The van der Waals surface area contributed by atoms with Crippen molar-refractivity contribution in [2.24, 2.45) is 0 Å². The lowest BCUT2D eigenvalue weighted by atomic mass is 10.3. The molecule has 0 bridgehead atoms. The molecule has 1 atom stereocenters. The van der Waals surface area contributed by atoms with Crippen LogP contribution in [0, 0.1) is 17.0 Å². The zero-order valence-corrected chi connectivity index (χ0v) is 10.5. The van der Waals surface area contributed by atoms with Gasteiger partial charge in [0.25, 0.3) is 0 Å². The number of nitrogens with zero attached hydrogens (tertiary/aromatic N) is 3. The Labute approximate surface area is 104 Å². The molecule has 1 heterocycles. The van der Waals surface area contributed by atoms with Crippen molar-refractivity contribution in [1.29, 1.82) is 0 Å². The van der Waals surface area contributed by atoms with Gasteiger partial charge in [0.1, 0.15) is 6.04 Å². The lowest BCUT2D eigenvalue weighted by Gasteiger charge is -2.10. The zero-order chi connectivity index (χ0) is 13.7. The smallest absolute Gasteiger partial charge is 0.330 e. The average Bonchev–Trinajstić information content (AvgIpc) is 2.67. The topological polar surface area (TPSA) is 87.3 Å². The minimum absolute atomic E-state index is 0.303. The molecular weight excluding hydrogens is 238 g/mol. The van der Waals surface area contributed by atoms with Crippen LogP contribution in [0.1, 0.15) is 31.1 Å². The van der Waals surface area contributed by atoms with E-state index in [0.717, 1.165) is 11.8 Å². The number of hydrogen-bond acceptors (Lipinski definition) is 5. The molecule has 7 nitrogen and oxygen atoms in total. The first-order valence-corrected chi connectivity index (χ1v) is 5.49. The quantitative estimate of drug-likeness (QED) is 0.451. The molecule has 0 saturated carbocycles. The summed E-state index contributed by atoms with van der Waals surface area (Å²) < 4.78 is 6.32. The number of esters is 1. The molecule has 1 rings (SSSR count). The molecule has 0 fully saturated rings. The molecule has 1 aromatic heterocycles. The van der Waals surface area contributed by atoms with Crippen LogP contribution in [0.5, 0.6) is 0 Å². The number of carbonyl (C=O) groups excluding carboxylic acids is 1. The molecule has 1 unspecified atom stereocenters. The van der Waals surface area contributed by atoms with Crippen molar-refractivity contribution in [3.8, 4) is 0 Å². The van der Waals surface area contributed by atoms with Gasteiger partial charge < -0.3 is 4.74 Å². The molecule has 0 aromatic carbocycles. The minimum atomic E-state index is -0.562. The van der Waals surface area contributed by atoms with Crippen LogP contribution in [0.15, 0.2) is 12.4 Å². The first kappa shape index (κ1) is 13.9. The highest BCUT2D eigenvalue weighted by Gasteiger charge is 2.18. The standard InChI is InChI=1S/C11H15N3O4/c1-4-18-11(15)9(3)13-7-8(2)10(12-13)5-6-14(16)17/h5-7,9H,4H2,1-3H3/b6-5+. The molecule has 0 radical (unpaired) electrons. The van der Waals surface area contributed by atoms with Gasteiger partial charge in [-0.3, -0.25) is 14.8 Å². The van der Waals surface area contributed by atoms with E-state index in [1.165, 1.54) is 10.8 Å². The summed E-state index contributed by atoms with van der Waals surface area (Å²) in [4.78, 5) is 21.2. The molecule has 0 saturated heterocycles. The number of aromatic nitrogens is 2. The molecule has 1 aromatic rings. The second-order valence-electron chi connectivity index (χ2n) is 3.71. The van der Waals surface area contributed by atoms with Gasteiger partial charge in [-0.2, -0.15) is 5.10 Å². The molecule has 0 aliphatic carbocycles. The van der Waals surface area contributed by atoms with Crippen molar-refractivity contribution in [2.45, 2.75) is 26.8 Å². The van der Waals surface area contributed by atoms with E-state index in [2.05, 4.69) is 5.10 Å². The van der Waals surface area contributed by atoms with Crippen LogP contribution in [0.4, 0.5) is 0 Å². The van der Waals surface area contributed by atoms with Gasteiger partial charge in [-0.15, -0.1) is 0 Å². The average molecular weight is 253 g/mol. The van der Waals surface area contributed by atoms with Gasteiger partial charge >= 0.3 is 5.97 Å². The van der Waals surface area contributed by atoms with E-state index >= 15 is 0 Å². The van der Waals surface area contributed by atoms with Crippen molar-refractivity contribution in [2.75, 3.05) is 6.61 Å². The van der Waals surface area contributed by atoms with Crippen molar-refractivity contribution in [3.05, 3.63) is 33.8 Å². The molecule has 0 amide bonds. The number of ether oxygens (including phenoxy) is 1. The van der Waals surface area contributed by atoms with E-state index in [1.54, 1.807) is 27.0 Å². The lowest BCUT2D eigenvalue weighted by molar-refractivity contribution is -0.401. The molecule has 0 N–H and O–H groups in total. The normalized spacial score (nSPS) is 12.6. The summed E-state index contributed by atoms with van der Waals surface area (Å²) >= 11 is 0. The van der Waals surface area contributed by atoms with E-state index in [1.807, 2.05) is 0 Å².